The molecule has 0 spiro atoms. The van der Waals surface area contributed by atoms with Gasteiger partial charge in [-0.15, -0.1) is 0 Å². The minimum Gasteiger partial charge on any atom is -0.369 e. The molecule has 0 saturated carbocycles. The summed E-state index contributed by atoms with van der Waals surface area (Å²) in [7, 11) is 0. The van der Waals surface area contributed by atoms with E-state index in [0.29, 0.717) is 0 Å². The fourth-order valence-corrected chi connectivity index (χ4v) is 1.07. The van der Waals surface area contributed by atoms with Crippen molar-refractivity contribution in [2.45, 2.75) is 59.5 Å². The van der Waals surface area contributed by atoms with Crippen molar-refractivity contribution in [1.29, 1.82) is 0 Å². The van der Waals surface area contributed by atoms with Gasteiger partial charge in [0.05, 0.1) is 11.4 Å². The zero-order chi connectivity index (χ0) is 9.99. The van der Waals surface area contributed by atoms with E-state index in [2.05, 4.69) is 51.9 Å². The van der Waals surface area contributed by atoms with Crippen LogP contribution >= 0.6 is 0 Å². The van der Waals surface area contributed by atoms with E-state index < -0.39 is 0 Å². The third-order valence-electron chi connectivity index (χ3n) is 1.06. The number of amidine groups is 1. The third kappa shape index (κ3) is 12.4. The molecule has 13 heavy (non-hydrogen) atoms. The topological polar surface area (TPSA) is 24.4 Å². The van der Waals surface area contributed by atoms with Crippen LogP contribution < -0.4 is 5.32 Å². The summed E-state index contributed by atoms with van der Waals surface area (Å²) in [6.45, 7) is 14.7. The number of aliphatic imine (C=N–C) groups is 1. The first-order valence-corrected chi connectivity index (χ1v) is 4.45. The predicted octanol–water partition coefficient (Wildman–Crippen LogP) is 2.21. The van der Waals surface area contributed by atoms with E-state index in [0.717, 1.165) is 5.84 Å². The van der Waals surface area contributed by atoms with Crippen molar-refractivity contribution in [1.82, 2.24) is 5.32 Å². The van der Waals surface area contributed by atoms with Crippen LogP contribution in [-0.4, -0.2) is 43.1 Å². The van der Waals surface area contributed by atoms with Gasteiger partial charge in [0.1, 0.15) is 0 Å². The van der Waals surface area contributed by atoms with E-state index in [1.165, 1.54) is 0 Å². The molecule has 0 aliphatic rings. The standard InChI is InChI=1S/C10H22N2.Bi/c1-8(11-9(2,3)4)12-10(5,6)7;/h1-7H3,(H,11,12);. The van der Waals surface area contributed by atoms with E-state index in [1.807, 2.05) is 6.92 Å². The Morgan fingerprint density at radius 1 is 1.00 bits per heavy atom. The molecule has 0 rings (SSSR count). The second kappa shape index (κ2) is 5.29. The van der Waals surface area contributed by atoms with E-state index >= 15 is 0 Å². The Kier molecular flexibility index (Phi) is 6.43. The molecule has 77 valence electrons. The van der Waals surface area contributed by atoms with Gasteiger partial charge in [-0.1, -0.05) is 0 Å². The van der Waals surface area contributed by atoms with E-state index in [4.69, 9.17) is 0 Å². The molecular weight excluding hydrogens is 357 g/mol. The van der Waals surface area contributed by atoms with Gasteiger partial charge in [0.15, 0.2) is 0 Å². The van der Waals surface area contributed by atoms with Crippen LogP contribution in [0, 0.1) is 0 Å². The van der Waals surface area contributed by atoms with Gasteiger partial charge in [0, 0.05) is 31.7 Å². The van der Waals surface area contributed by atoms with Gasteiger partial charge in [-0.3, -0.25) is 4.99 Å². The molecule has 0 aromatic carbocycles. The van der Waals surface area contributed by atoms with Gasteiger partial charge in [-0.25, -0.2) is 0 Å². The van der Waals surface area contributed by atoms with Crippen LogP contribution in [0.4, 0.5) is 0 Å². The van der Waals surface area contributed by atoms with Gasteiger partial charge in [-0.2, -0.15) is 0 Å². The number of hydrogen-bond donors (Lipinski definition) is 1. The van der Waals surface area contributed by atoms with Crippen LogP contribution in [0.2, 0.25) is 0 Å². The Morgan fingerprint density at radius 3 is 1.62 bits per heavy atom. The van der Waals surface area contributed by atoms with E-state index in [1.54, 1.807) is 0 Å². The molecule has 2 nitrogen and oxygen atoms in total. The molecule has 0 amide bonds. The Balaban J connectivity index is 0. The maximum atomic E-state index is 4.50. The first-order chi connectivity index (χ1) is 5.10. The molecule has 0 heterocycles. The molecule has 0 fully saturated rings. The molecule has 0 aromatic heterocycles. The van der Waals surface area contributed by atoms with Crippen molar-refractivity contribution in [3.8, 4) is 0 Å². The van der Waals surface area contributed by atoms with Crippen molar-refractivity contribution in [3.05, 3.63) is 0 Å². The Bertz CT molecular complexity index is 172. The summed E-state index contributed by atoms with van der Waals surface area (Å²) in [6.07, 6.45) is 0. The second-order valence-corrected chi connectivity index (χ2v) is 5.24. The van der Waals surface area contributed by atoms with Gasteiger partial charge >= 0.3 is 0 Å². The largest absolute Gasteiger partial charge is 0.369 e. The maximum Gasteiger partial charge on any atom is 0.0942 e. The van der Waals surface area contributed by atoms with Crippen LogP contribution in [0.15, 0.2) is 4.99 Å². The number of hydrogen-bond acceptors (Lipinski definition) is 1. The molecule has 1 N–H and O–H groups in total. The summed E-state index contributed by atoms with van der Waals surface area (Å²) in [6, 6.07) is 0. The van der Waals surface area contributed by atoms with Crippen molar-refractivity contribution < 1.29 is 0 Å². The van der Waals surface area contributed by atoms with Crippen LogP contribution in [0.1, 0.15) is 48.5 Å². The van der Waals surface area contributed by atoms with Gasteiger partial charge in [0.25, 0.3) is 0 Å². The molecule has 0 aliphatic heterocycles. The fraction of sp³-hybridized carbons (Fsp3) is 0.900. The molecule has 3 radical (unpaired) electrons. The Morgan fingerprint density at radius 2 is 1.38 bits per heavy atom. The zero-order valence-electron chi connectivity index (χ0n) is 9.89. The molecule has 0 saturated heterocycles. The predicted molar refractivity (Wildman–Crippen MR) is 61.5 cm³/mol. The summed E-state index contributed by atoms with van der Waals surface area (Å²) >= 11 is 0. The van der Waals surface area contributed by atoms with Crippen LogP contribution in [0.5, 0.6) is 0 Å². The van der Waals surface area contributed by atoms with Gasteiger partial charge < -0.3 is 5.32 Å². The molecule has 0 bridgehead atoms. The average molecular weight is 379 g/mol. The number of nitrogens with zero attached hydrogens (tertiary/aromatic N) is 1. The first-order valence-electron chi connectivity index (χ1n) is 4.45. The Hall–Kier alpha value is 0.353. The molecule has 3 heteroatoms. The minimum atomic E-state index is 0. The zero-order valence-corrected chi connectivity index (χ0v) is 13.4. The van der Waals surface area contributed by atoms with Crippen LogP contribution in [0.25, 0.3) is 0 Å². The molecule has 0 unspecified atom stereocenters. The van der Waals surface area contributed by atoms with Gasteiger partial charge in [-0.05, 0) is 48.5 Å². The summed E-state index contributed by atoms with van der Waals surface area (Å²) < 4.78 is 0. The summed E-state index contributed by atoms with van der Waals surface area (Å²) in [4.78, 5) is 4.50. The Labute approximate surface area is 102 Å². The summed E-state index contributed by atoms with van der Waals surface area (Å²) in [5.41, 5.74) is 0.126. The van der Waals surface area contributed by atoms with Crippen molar-refractivity contribution >= 4 is 32.0 Å². The second-order valence-electron chi connectivity index (χ2n) is 5.24. The van der Waals surface area contributed by atoms with Crippen molar-refractivity contribution in [3.63, 3.8) is 0 Å². The summed E-state index contributed by atoms with van der Waals surface area (Å²) in [5, 5.41) is 3.33. The smallest absolute Gasteiger partial charge is 0.0942 e. The molecule has 0 atom stereocenters. The normalized spacial score (nSPS) is 13.6. The number of rotatable bonds is 0. The van der Waals surface area contributed by atoms with E-state index in [-0.39, 0.29) is 37.3 Å². The maximum absolute atomic E-state index is 4.50. The molecule has 0 aliphatic carbocycles. The van der Waals surface area contributed by atoms with Crippen LogP contribution in [-0.2, 0) is 0 Å². The molecule has 0 aromatic rings. The molecular formula is C10H22BiN2. The summed E-state index contributed by atoms with van der Waals surface area (Å²) in [5.74, 6) is 1.01. The fourth-order valence-electron chi connectivity index (χ4n) is 1.07. The van der Waals surface area contributed by atoms with E-state index in [9.17, 15) is 0 Å². The minimum absolute atomic E-state index is 0. The van der Waals surface area contributed by atoms with Crippen molar-refractivity contribution in [2.75, 3.05) is 0 Å². The van der Waals surface area contributed by atoms with Crippen LogP contribution in [0.3, 0.4) is 0 Å². The van der Waals surface area contributed by atoms with Gasteiger partial charge in [0.2, 0.25) is 0 Å². The monoisotopic (exact) mass is 379 g/mol. The quantitative estimate of drug-likeness (QED) is 0.390. The first kappa shape index (κ1) is 15.8. The SMILES string of the molecule is CC(=NC(C)(C)C)NC(C)(C)C.[Bi]. The third-order valence-corrected chi connectivity index (χ3v) is 1.06. The average Bonchev–Trinajstić information content (AvgIpc) is 1.49. The van der Waals surface area contributed by atoms with Crippen molar-refractivity contribution in [2.24, 2.45) is 4.99 Å². The number of nitrogens with one attached hydrogen (secondary N) is 1.